The normalized spacial score (nSPS) is 18.8. The smallest absolute Gasteiger partial charge is 0.137 e. The summed E-state index contributed by atoms with van der Waals surface area (Å²) in [4.78, 5) is 10.8. The van der Waals surface area contributed by atoms with Crippen LogP contribution in [0.5, 0.6) is 0 Å². The first kappa shape index (κ1) is 14.2. The van der Waals surface area contributed by atoms with Gasteiger partial charge in [-0.2, -0.15) is 0 Å². The molecule has 0 spiro atoms. The van der Waals surface area contributed by atoms with Crippen molar-refractivity contribution in [2.45, 2.75) is 25.5 Å². The fourth-order valence-electron chi connectivity index (χ4n) is 3.05. The molecule has 1 aliphatic heterocycles. The van der Waals surface area contributed by atoms with E-state index in [1.807, 2.05) is 30.2 Å². The number of pyridine rings is 1. The van der Waals surface area contributed by atoms with Crippen LogP contribution in [0.15, 0.2) is 36.9 Å². The zero-order valence-corrected chi connectivity index (χ0v) is 12.4. The molecule has 1 saturated heterocycles. The molecular formula is C16H22N4O. The summed E-state index contributed by atoms with van der Waals surface area (Å²) in [6.07, 6.45) is 8.89. The third kappa shape index (κ3) is 3.31. The molecule has 0 amide bonds. The number of aromatic nitrogens is 3. The first-order valence-electron chi connectivity index (χ1n) is 7.50. The van der Waals surface area contributed by atoms with Gasteiger partial charge in [0.1, 0.15) is 11.9 Å². The summed E-state index contributed by atoms with van der Waals surface area (Å²) in [5.74, 6) is 1.09. The molecule has 3 heterocycles. The van der Waals surface area contributed by atoms with E-state index in [0.29, 0.717) is 5.92 Å². The zero-order chi connectivity index (χ0) is 14.7. The monoisotopic (exact) mass is 286 g/mol. The Morgan fingerprint density at radius 3 is 2.57 bits per heavy atom. The minimum atomic E-state index is -0.451. The lowest BCUT2D eigenvalue weighted by atomic mass is 9.90. The minimum absolute atomic E-state index is 0.305. The molecule has 112 valence electrons. The second kappa shape index (κ2) is 6.37. The molecule has 0 aromatic carbocycles. The summed E-state index contributed by atoms with van der Waals surface area (Å²) < 4.78 is 1.91. The summed E-state index contributed by atoms with van der Waals surface area (Å²) in [6.45, 7) is 3.01. The van der Waals surface area contributed by atoms with E-state index in [1.165, 1.54) is 5.56 Å². The van der Waals surface area contributed by atoms with Gasteiger partial charge in [-0.15, -0.1) is 0 Å². The van der Waals surface area contributed by atoms with Crippen LogP contribution in [0, 0.1) is 5.92 Å². The van der Waals surface area contributed by atoms with Crippen molar-refractivity contribution in [3.63, 3.8) is 0 Å². The van der Waals surface area contributed by atoms with Gasteiger partial charge >= 0.3 is 0 Å². The Hall–Kier alpha value is -1.72. The molecule has 1 unspecified atom stereocenters. The first-order chi connectivity index (χ1) is 10.2. The third-order valence-corrected chi connectivity index (χ3v) is 4.36. The minimum Gasteiger partial charge on any atom is -0.385 e. The Kier molecular flexibility index (Phi) is 4.31. The molecule has 0 saturated carbocycles. The van der Waals surface area contributed by atoms with E-state index in [1.54, 1.807) is 6.20 Å². The van der Waals surface area contributed by atoms with Crippen LogP contribution < -0.4 is 0 Å². The Bertz CT molecular complexity index is 561. The van der Waals surface area contributed by atoms with Gasteiger partial charge in [0, 0.05) is 38.4 Å². The zero-order valence-electron chi connectivity index (χ0n) is 12.4. The fraction of sp³-hybridized carbons (Fsp3) is 0.500. The highest BCUT2D eigenvalue weighted by Gasteiger charge is 2.28. The predicted octanol–water partition coefficient (Wildman–Crippen LogP) is 1.76. The lowest BCUT2D eigenvalue weighted by Crippen LogP contribution is -2.35. The average Bonchev–Trinajstić information content (AvgIpc) is 2.94. The van der Waals surface area contributed by atoms with Gasteiger partial charge in [0.2, 0.25) is 0 Å². The molecule has 0 radical (unpaired) electrons. The van der Waals surface area contributed by atoms with Gasteiger partial charge < -0.3 is 9.67 Å². The van der Waals surface area contributed by atoms with Crippen molar-refractivity contribution in [3.8, 4) is 0 Å². The molecule has 0 bridgehead atoms. The van der Waals surface area contributed by atoms with Crippen LogP contribution in [0.2, 0.25) is 0 Å². The standard InChI is InChI=1S/C16H22N4O/c1-19-11-8-18-16(19)15(21)14-4-9-20(10-5-14)12-13-2-6-17-7-3-13/h2-3,6-8,11,14-15,21H,4-5,9-10,12H2,1H3. The Labute approximate surface area is 125 Å². The van der Waals surface area contributed by atoms with Gasteiger partial charge in [-0.25, -0.2) is 4.98 Å². The van der Waals surface area contributed by atoms with Crippen LogP contribution in [-0.2, 0) is 13.6 Å². The second-order valence-corrected chi connectivity index (χ2v) is 5.81. The summed E-state index contributed by atoms with van der Waals surface area (Å²) in [5, 5.41) is 10.5. The second-order valence-electron chi connectivity index (χ2n) is 5.81. The molecule has 1 fully saturated rings. The molecule has 3 rings (SSSR count). The van der Waals surface area contributed by atoms with Crippen LogP contribution in [0.25, 0.3) is 0 Å². The van der Waals surface area contributed by atoms with E-state index in [0.717, 1.165) is 38.3 Å². The van der Waals surface area contributed by atoms with E-state index in [4.69, 9.17) is 0 Å². The van der Waals surface area contributed by atoms with Gasteiger partial charge in [-0.1, -0.05) is 0 Å². The van der Waals surface area contributed by atoms with Crippen molar-refractivity contribution >= 4 is 0 Å². The van der Waals surface area contributed by atoms with Crippen LogP contribution in [-0.4, -0.2) is 37.6 Å². The highest BCUT2D eigenvalue weighted by molar-refractivity contribution is 5.09. The van der Waals surface area contributed by atoms with Gasteiger partial charge in [-0.05, 0) is 49.5 Å². The fourth-order valence-corrected chi connectivity index (χ4v) is 3.05. The van der Waals surface area contributed by atoms with Crippen molar-refractivity contribution in [2.24, 2.45) is 13.0 Å². The van der Waals surface area contributed by atoms with Gasteiger partial charge in [0.15, 0.2) is 0 Å². The van der Waals surface area contributed by atoms with E-state index in [9.17, 15) is 5.11 Å². The number of nitrogens with zero attached hydrogens (tertiary/aromatic N) is 4. The predicted molar refractivity (Wildman–Crippen MR) is 80.4 cm³/mol. The van der Waals surface area contributed by atoms with E-state index in [2.05, 4.69) is 27.0 Å². The Balaban J connectivity index is 1.54. The number of hydrogen-bond donors (Lipinski definition) is 1. The lowest BCUT2D eigenvalue weighted by Gasteiger charge is -2.34. The molecular weight excluding hydrogens is 264 g/mol. The molecule has 21 heavy (non-hydrogen) atoms. The van der Waals surface area contributed by atoms with Gasteiger partial charge in [0.25, 0.3) is 0 Å². The van der Waals surface area contributed by atoms with Crippen molar-refractivity contribution in [1.29, 1.82) is 0 Å². The van der Waals surface area contributed by atoms with Gasteiger partial charge in [-0.3, -0.25) is 9.88 Å². The number of aliphatic hydroxyl groups is 1. The Morgan fingerprint density at radius 1 is 1.24 bits per heavy atom. The van der Waals surface area contributed by atoms with E-state index >= 15 is 0 Å². The van der Waals surface area contributed by atoms with Crippen LogP contribution in [0.3, 0.4) is 0 Å². The maximum absolute atomic E-state index is 10.5. The number of imidazole rings is 1. The van der Waals surface area contributed by atoms with Crippen molar-refractivity contribution in [1.82, 2.24) is 19.4 Å². The SMILES string of the molecule is Cn1ccnc1C(O)C1CCN(Cc2ccncc2)CC1. The van der Waals surface area contributed by atoms with Crippen molar-refractivity contribution < 1.29 is 5.11 Å². The summed E-state index contributed by atoms with van der Waals surface area (Å²) in [6, 6.07) is 4.13. The summed E-state index contributed by atoms with van der Waals surface area (Å²) in [5.41, 5.74) is 1.30. The van der Waals surface area contributed by atoms with Gasteiger partial charge in [0.05, 0.1) is 0 Å². The number of aryl methyl sites for hydroxylation is 1. The average molecular weight is 286 g/mol. The molecule has 5 heteroatoms. The number of aliphatic hydroxyl groups excluding tert-OH is 1. The molecule has 1 atom stereocenters. The molecule has 5 nitrogen and oxygen atoms in total. The van der Waals surface area contributed by atoms with Crippen LogP contribution >= 0.6 is 0 Å². The lowest BCUT2D eigenvalue weighted by molar-refractivity contribution is 0.0492. The summed E-state index contributed by atoms with van der Waals surface area (Å²) >= 11 is 0. The number of hydrogen-bond acceptors (Lipinski definition) is 4. The third-order valence-electron chi connectivity index (χ3n) is 4.36. The van der Waals surface area contributed by atoms with E-state index < -0.39 is 6.10 Å². The number of piperidine rings is 1. The highest BCUT2D eigenvalue weighted by atomic mass is 16.3. The largest absolute Gasteiger partial charge is 0.385 e. The molecule has 2 aromatic rings. The van der Waals surface area contributed by atoms with Crippen LogP contribution in [0.1, 0.15) is 30.3 Å². The Morgan fingerprint density at radius 2 is 1.95 bits per heavy atom. The number of rotatable bonds is 4. The van der Waals surface area contributed by atoms with Crippen LogP contribution in [0.4, 0.5) is 0 Å². The first-order valence-corrected chi connectivity index (χ1v) is 7.50. The summed E-state index contributed by atoms with van der Waals surface area (Å²) in [7, 11) is 1.93. The van der Waals surface area contributed by atoms with E-state index in [-0.39, 0.29) is 0 Å². The maximum Gasteiger partial charge on any atom is 0.137 e. The molecule has 1 N–H and O–H groups in total. The maximum atomic E-state index is 10.5. The quantitative estimate of drug-likeness (QED) is 0.930. The topological polar surface area (TPSA) is 54.2 Å². The number of likely N-dealkylation sites (tertiary alicyclic amines) is 1. The highest BCUT2D eigenvalue weighted by Crippen LogP contribution is 2.30. The molecule has 2 aromatic heterocycles. The van der Waals surface area contributed by atoms with Crippen molar-refractivity contribution in [2.75, 3.05) is 13.1 Å². The molecule has 0 aliphatic carbocycles. The molecule has 1 aliphatic rings. The van der Waals surface area contributed by atoms with Crippen molar-refractivity contribution in [3.05, 3.63) is 48.3 Å².